The number of carbonyl (C=O) groups is 1. The van der Waals surface area contributed by atoms with Gasteiger partial charge < -0.3 is 9.84 Å². The van der Waals surface area contributed by atoms with E-state index >= 15 is 0 Å². The van der Waals surface area contributed by atoms with E-state index in [1.165, 1.54) is 0 Å². The van der Waals surface area contributed by atoms with Gasteiger partial charge in [-0.05, 0) is 12.3 Å². The minimum atomic E-state index is -0.557. The first kappa shape index (κ1) is 12.2. The van der Waals surface area contributed by atoms with Crippen molar-refractivity contribution >= 4 is 5.97 Å². The smallest absolute Gasteiger partial charge is 0.330 e. The van der Waals surface area contributed by atoms with Crippen LogP contribution in [0.25, 0.3) is 0 Å². The Labute approximate surface area is 79.4 Å². The molecule has 0 rings (SSSR count). The normalized spacial score (nSPS) is 14.7. The molecule has 76 valence electrons. The van der Waals surface area contributed by atoms with E-state index < -0.39 is 12.1 Å². The van der Waals surface area contributed by atoms with Crippen molar-refractivity contribution in [2.45, 2.75) is 32.8 Å². The molecule has 0 aromatic rings. The average Bonchev–Trinajstić information content (AvgIpc) is 2.13. The molecule has 3 heteroatoms. The SMILES string of the molecule is C=CC(=O)OCC(O)CC(C)CC. The summed E-state index contributed by atoms with van der Waals surface area (Å²) in [6.07, 6.45) is 2.22. The van der Waals surface area contributed by atoms with Crippen LogP contribution >= 0.6 is 0 Å². The Kier molecular flexibility index (Phi) is 6.24. The molecular weight excluding hydrogens is 168 g/mol. The molecule has 0 bridgehead atoms. The van der Waals surface area contributed by atoms with E-state index in [1.54, 1.807) is 0 Å². The van der Waals surface area contributed by atoms with Crippen molar-refractivity contribution in [1.29, 1.82) is 0 Å². The molecule has 0 heterocycles. The third-order valence-electron chi connectivity index (χ3n) is 1.96. The Morgan fingerprint density at radius 2 is 2.31 bits per heavy atom. The molecule has 0 aliphatic heterocycles. The predicted molar refractivity (Wildman–Crippen MR) is 51.2 cm³/mol. The van der Waals surface area contributed by atoms with Crippen LogP contribution in [0, 0.1) is 5.92 Å². The Bertz CT molecular complexity index is 166. The zero-order valence-electron chi connectivity index (χ0n) is 8.32. The Balaban J connectivity index is 3.56. The summed E-state index contributed by atoms with van der Waals surface area (Å²) in [5, 5.41) is 9.38. The molecule has 0 fully saturated rings. The molecule has 13 heavy (non-hydrogen) atoms. The fourth-order valence-electron chi connectivity index (χ4n) is 0.936. The lowest BCUT2D eigenvalue weighted by molar-refractivity contribution is -0.140. The number of esters is 1. The lowest BCUT2D eigenvalue weighted by Gasteiger charge is -2.14. The molecule has 0 spiro atoms. The third-order valence-corrected chi connectivity index (χ3v) is 1.96. The maximum Gasteiger partial charge on any atom is 0.330 e. The number of carbonyl (C=O) groups excluding carboxylic acids is 1. The molecule has 0 aromatic carbocycles. The van der Waals surface area contributed by atoms with Crippen molar-refractivity contribution in [1.82, 2.24) is 0 Å². The van der Waals surface area contributed by atoms with Crippen molar-refractivity contribution in [3.63, 3.8) is 0 Å². The highest BCUT2D eigenvalue weighted by molar-refractivity contribution is 5.81. The van der Waals surface area contributed by atoms with Gasteiger partial charge in [-0.25, -0.2) is 4.79 Å². The first-order chi connectivity index (χ1) is 6.10. The number of aliphatic hydroxyl groups is 1. The van der Waals surface area contributed by atoms with Gasteiger partial charge in [-0.15, -0.1) is 0 Å². The minimum Gasteiger partial charge on any atom is -0.460 e. The highest BCUT2D eigenvalue weighted by Gasteiger charge is 2.10. The first-order valence-corrected chi connectivity index (χ1v) is 4.57. The monoisotopic (exact) mass is 186 g/mol. The van der Waals surface area contributed by atoms with E-state index in [1.807, 2.05) is 0 Å². The summed E-state index contributed by atoms with van der Waals surface area (Å²) in [6.45, 7) is 7.44. The van der Waals surface area contributed by atoms with Crippen LogP contribution < -0.4 is 0 Å². The van der Waals surface area contributed by atoms with Gasteiger partial charge in [-0.1, -0.05) is 26.8 Å². The largest absolute Gasteiger partial charge is 0.460 e. The third kappa shape index (κ3) is 6.34. The summed E-state index contributed by atoms with van der Waals surface area (Å²) in [6, 6.07) is 0. The molecular formula is C10H18O3. The molecule has 0 aromatic heterocycles. The molecule has 0 aliphatic carbocycles. The second-order valence-corrected chi connectivity index (χ2v) is 3.24. The van der Waals surface area contributed by atoms with Crippen LogP contribution in [0.4, 0.5) is 0 Å². The highest BCUT2D eigenvalue weighted by Crippen LogP contribution is 2.09. The molecule has 2 atom stereocenters. The molecule has 3 nitrogen and oxygen atoms in total. The topological polar surface area (TPSA) is 46.5 Å². The minimum absolute atomic E-state index is 0.0647. The fraction of sp³-hybridized carbons (Fsp3) is 0.700. The molecule has 0 saturated heterocycles. The predicted octanol–water partition coefficient (Wildman–Crippen LogP) is 1.51. The Hall–Kier alpha value is -0.830. The van der Waals surface area contributed by atoms with Gasteiger partial charge in [0.25, 0.3) is 0 Å². The van der Waals surface area contributed by atoms with E-state index in [0.717, 1.165) is 12.5 Å². The van der Waals surface area contributed by atoms with Crippen LogP contribution in [0.15, 0.2) is 12.7 Å². The van der Waals surface area contributed by atoms with Gasteiger partial charge >= 0.3 is 5.97 Å². The number of hydrogen-bond acceptors (Lipinski definition) is 3. The van der Waals surface area contributed by atoms with Gasteiger partial charge in [0.1, 0.15) is 6.61 Å². The fourth-order valence-corrected chi connectivity index (χ4v) is 0.936. The van der Waals surface area contributed by atoms with E-state index in [2.05, 4.69) is 20.4 Å². The number of ether oxygens (including phenoxy) is 1. The van der Waals surface area contributed by atoms with Gasteiger partial charge in [0.2, 0.25) is 0 Å². The summed E-state index contributed by atoms with van der Waals surface area (Å²) in [4.78, 5) is 10.6. The maximum absolute atomic E-state index is 10.6. The highest BCUT2D eigenvalue weighted by atomic mass is 16.5. The van der Waals surface area contributed by atoms with Gasteiger partial charge in [-0.3, -0.25) is 0 Å². The summed E-state index contributed by atoms with van der Waals surface area (Å²) < 4.78 is 4.69. The maximum atomic E-state index is 10.6. The molecule has 2 unspecified atom stereocenters. The zero-order valence-corrected chi connectivity index (χ0v) is 8.32. The van der Waals surface area contributed by atoms with E-state index in [4.69, 9.17) is 4.74 Å². The van der Waals surface area contributed by atoms with Crippen LogP contribution in [0.5, 0.6) is 0 Å². The quantitative estimate of drug-likeness (QED) is 0.505. The summed E-state index contributed by atoms with van der Waals surface area (Å²) in [5.41, 5.74) is 0. The van der Waals surface area contributed by atoms with Crippen LogP contribution in [-0.4, -0.2) is 23.8 Å². The van der Waals surface area contributed by atoms with Crippen molar-refractivity contribution in [2.75, 3.05) is 6.61 Å². The van der Waals surface area contributed by atoms with E-state index in [9.17, 15) is 9.90 Å². The lowest BCUT2D eigenvalue weighted by Crippen LogP contribution is -2.20. The van der Waals surface area contributed by atoms with Crippen molar-refractivity contribution in [3.05, 3.63) is 12.7 Å². The van der Waals surface area contributed by atoms with Gasteiger partial charge in [0, 0.05) is 6.08 Å². The van der Waals surface area contributed by atoms with E-state index in [-0.39, 0.29) is 6.61 Å². The molecule has 0 radical (unpaired) electrons. The van der Waals surface area contributed by atoms with Crippen LogP contribution in [0.2, 0.25) is 0 Å². The molecule has 1 N–H and O–H groups in total. The van der Waals surface area contributed by atoms with Crippen LogP contribution in [0.1, 0.15) is 26.7 Å². The Morgan fingerprint density at radius 3 is 2.77 bits per heavy atom. The van der Waals surface area contributed by atoms with Gasteiger partial charge in [0.05, 0.1) is 6.10 Å². The van der Waals surface area contributed by atoms with Gasteiger partial charge in [-0.2, -0.15) is 0 Å². The lowest BCUT2D eigenvalue weighted by atomic mass is 10.0. The number of aliphatic hydroxyl groups excluding tert-OH is 1. The van der Waals surface area contributed by atoms with Crippen molar-refractivity contribution in [2.24, 2.45) is 5.92 Å². The zero-order chi connectivity index (χ0) is 10.3. The average molecular weight is 186 g/mol. The molecule has 0 saturated carbocycles. The van der Waals surface area contributed by atoms with Crippen LogP contribution in [0.3, 0.4) is 0 Å². The molecule has 0 amide bonds. The number of hydrogen-bond donors (Lipinski definition) is 1. The van der Waals surface area contributed by atoms with Crippen molar-refractivity contribution < 1.29 is 14.6 Å². The van der Waals surface area contributed by atoms with E-state index in [0.29, 0.717) is 12.3 Å². The summed E-state index contributed by atoms with van der Waals surface area (Å²) >= 11 is 0. The second-order valence-electron chi connectivity index (χ2n) is 3.24. The van der Waals surface area contributed by atoms with Crippen molar-refractivity contribution in [3.8, 4) is 0 Å². The summed E-state index contributed by atoms with van der Waals surface area (Å²) in [5.74, 6) is -0.0272. The van der Waals surface area contributed by atoms with Crippen LogP contribution in [-0.2, 0) is 9.53 Å². The van der Waals surface area contributed by atoms with Gasteiger partial charge in [0.15, 0.2) is 0 Å². The standard InChI is InChI=1S/C10H18O3/c1-4-8(3)6-9(11)7-13-10(12)5-2/h5,8-9,11H,2,4,6-7H2,1,3H3. The second kappa shape index (κ2) is 6.66. The summed E-state index contributed by atoms with van der Waals surface area (Å²) in [7, 11) is 0. The number of rotatable bonds is 6. The Morgan fingerprint density at radius 1 is 1.69 bits per heavy atom. The molecule has 0 aliphatic rings. The first-order valence-electron chi connectivity index (χ1n) is 4.57.